The minimum atomic E-state index is -0.257. The first-order chi connectivity index (χ1) is 9.15. The average molecular weight is 329 g/mol. The molecule has 1 saturated heterocycles. The first-order valence-corrected chi connectivity index (χ1v) is 7.05. The van der Waals surface area contributed by atoms with Crippen molar-refractivity contribution in [3.8, 4) is 5.75 Å². The maximum atomic E-state index is 11.7. The summed E-state index contributed by atoms with van der Waals surface area (Å²) in [5.74, 6) is -0.217. The minimum absolute atomic E-state index is 0.0105. The van der Waals surface area contributed by atoms with E-state index in [9.17, 15) is 9.90 Å². The molecule has 6 heteroatoms. The van der Waals surface area contributed by atoms with Gasteiger partial charge in [-0.1, -0.05) is 15.9 Å². The Kier molecular flexibility index (Phi) is 5.18. The van der Waals surface area contributed by atoms with Crippen molar-refractivity contribution in [3.63, 3.8) is 0 Å². The summed E-state index contributed by atoms with van der Waals surface area (Å²) in [5.41, 5.74) is 0.383. The molecule has 0 radical (unpaired) electrons. The lowest BCUT2D eigenvalue weighted by atomic mass is 10.1. The van der Waals surface area contributed by atoms with Gasteiger partial charge in [0.25, 0.3) is 0 Å². The summed E-state index contributed by atoms with van der Waals surface area (Å²) < 4.78 is 6.33. The maximum absolute atomic E-state index is 11.7. The standard InChI is InChI=1S/C13H17BrN2O3/c14-9-1-2-12(17)11(7-9)16-13(18)8-19-10-3-5-15-6-4-10/h1-2,7,10,15,17H,3-6,8H2,(H,16,18). The molecular weight excluding hydrogens is 312 g/mol. The summed E-state index contributed by atoms with van der Waals surface area (Å²) in [5, 5.41) is 15.5. The Balaban J connectivity index is 1.81. The highest BCUT2D eigenvalue weighted by Gasteiger charge is 2.15. The van der Waals surface area contributed by atoms with Gasteiger partial charge in [0.15, 0.2) is 0 Å². The van der Waals surface area contributed by atoms with Gasteiger partial charge in [0.2, 0.25) is 5.91 Å². The Morgan fingerprint density at radius 2 is 2.21 bits per heavy atom. The van der Waals surface area contributed by atoms with Crippen LogP contribution in [-0.4, -0.2) is 36.8 Å². The van der Waals surface area contributed by atoms with Crippen LogP contribution < -0.4 is 10.6 Å². The number of carbonyl (C=O) groups is 1. The summed E-state index contributed by atoms with van der Waals surface area (Å²) in [7, 11) is 0. The Labute approximate surface area is 120 Å². The van der Waals surface area contributed by atoms with Crippen molar-refractivity contribution in [2.75, 3.05) is 25.0 Å². The number of phenolic OH excluding ortho intramolecular Hbond substituents is 1. The summed E-state index contributed by atoms with van der Waals surface area (Å²) in [4.78, 5) is 11.7. The number of amides is 1. The fourth-order valence-corrected chi connectivity index (χ4v) is 2.31. The van der Waals surface area contributed by atoms with E-state index in [0.29, 0.717) is 5.69 Å². The van der Waals surface area contributed by atoms with E-state index in [1.807, 2.05) is 0 Å². The van der Waals surface area contributed by atoms with Crippen LogP contribution in [0.15, 0.2) is 22.7 Å². The van der Waals surface area contributed by atoms with E-state index in [0.717, 1.165) is 30.4 Å². The van der Waals surface area contributed by atoms with E-state index in [1.165, 1.54) is 6.07 Å². The second-order valence-electron chi connectivity index (χ2n) is 4.47. The number of rotatable bonds is 4. The molecule has 1 aliphatic rings. The predicted octanol–water partition coefficient (Wildman–Crippen LogP) is 1.86. The Bertz CT molecular complexity index is 448. The molecule has 1 aromatic carbocycles. The Morgan fingerprint density at radius 3 is 2.95 bits per heavy atom. The second kappa shape index (κ2) is 6.88. The molecule has 19 heavy (non-hydrogen) atoms. The lowest BCUT2D eigenvalue weighted by molar-refractivity contribution is -0.123. The molecule has 1 aromatic rings. The fraction of sp³-hybridized carbons (Fsp3) is 0.462. The molecule has 1 heterocycles. The van der Waals surface area contributed by atoms with Crippen LogP contribution in [0.5, 0.6) is 5.75 Å². The van der Waals surface area contributed by atoms with Crippen molar-refractivity contribution in [3.05, 3.63) is 22.7 Å². The molecule has 0 saturated carbocycles. The topological polar surface area (TPSA) is 70.6 Å². The average Bonchev–Trinajstić information content (AvgIpc) is 2.42. The molecule has 0 atom stereocenters. The molecule has 5 nitrogen and oxygen atoms in total. The molecule has 0 bridgehead atoms. The second-order valence-corrected chi connectivity index (χ2v) is 5.39. The summed E-state index contributed by atoms with van der Waals surface area (Å²) in [6.07, 6.45) is 1.99. The van der Waals surface area contributed by atoms with Gasteiger partial charge in [0, 0.05) is 4.47 Å². The van der Waals surface area contributed by atoms with Crippen LogP contribution in [0.4, 0.5) is 5.69 Å². The lowest BCUT2D eigenvalue weighted by Crippen LogP contribution is -2.34. The molecule has 1 amide bonds. The van der Waals surface area contributed by atoms with E-state index in [4.69, 9.17) is 4.74 Å². The number of carbonyl (C=O) groups excluding carboxylic acids is 1. The number of ether oxygens (including phenoxy) is 1. The van der Waals surface area contributed by atoms with Crippen LogP contribution in [0.2, 0.25) is 0 Å². The zero-order valence-electron chi connectivity index (χ0n) is 10.5. The Hall–Kier alpha value is -1.11. The van der Waals surface area contributed by atoms with Gasteiger partial charge in [-0.15, -0.1) is 0 Å². The van der Waals surface area contributed by atoms with Gasteiger partial charge >= 0.3 is 0 Å². The third kappa shape index (κ3) is 4.49. The first-order valence-electron chi connectivity index (χ1n) is 6.26. The molecule has 0 unspecified atom stereocenters. The molecule has 104 valence electrons. The predicted molar refractivity (Wildman–Crippen MR) is 76.3 cm³/mol. The van der Waals surface area contributed by atoms with Crippen molar-refractivity contribution in [1.29, 1.82) is 0 Å². The zero-order chi connectivity index (χ0) is 13.7. The quantitative estimate of drug-likeness (QED) is 0.738. The monoisotopic (exact) mass is 328 g/mol. The third-order valence-electron chi connectivity index (χ3n) is 2.97. The Morgan fingerprint density at radius 1 is 1.47 bits per heavy atom. The van der Waals surface area contributed by atoms with E-state index in [-0.39, 0.29) is 24.4 Å². The molecule has 0 spiro atoms. The van der Waals surface area contributed by atoms with Gasteiger partial charge in [-0.2, -0.15) is 0 Å². The molecular formula is C13H17BrN2O3. The van der Waals surface area contributed by atoms with Crippen LogP contribution in [0.3, 0.4) is 0 Å². The third-order valence-corrected chi connectivity index (χ3v) is 3.46. The van der Waals surface area contributed by atoms with Gasteiger partial charge in [0.05, 0.1) is 11.8 Å². The van der Waals surface area contributed by atoms with Crippen molar-refractivity contribution in [2.45, 2.75) is 18.9 Å². The van der Waals surface area contributed by atoms with Crippen LogP contribution in [0.25, 0.3) is 0 Å². The van der Waals surface area contributed by atoms with E-state index >= 15 is 0 Å². The molecule has 1 fully saturated rings. The molecule has 0 aromatic heterocycles. The van der Waals surface area contributed by atoms with Gasteiger partial charge in [-0.05, 0) is 44.1 Å². The summed E-state index contributed by atoms with van der Waals surface area (Å²) in [6, 6.07) is 4.88. The van der Waals surface area contributed by atoms with E-state index in [2.05, 4.69) is 26.6 Å². The lowest BCUT2D eigenvalue weighted by Gasteiger charge is -2.22. The highest BCUT2D eigenvalue weighted by atomic mass is 79.9. The molecule has 0 aliphatic carbocycles. The zero-order valence-corrected chi connectivity index (χ0v) is 12.1. The number of piperidine rings is 1. The smallest absolute Gasteiger partial charge is 0.250 e. The van der Waals surface area contributed by atoms with E-state index < -0.39 is 0 Å². The number of nitrogens with one attached hydrogen (secondary N) is 2. The molecule has 1 aliphatic heterocycles. The maximum Gasteiger partial charge on any atom is 0.250 e. The van der Waals surface area contributed by atoms with Crippen LogP contribution in [0, 0.1) is 0 Å². The molecule has 2 rings (SSSR count). The molecule has 3 N–H and O–H groups in total. The summed E-state index contributed by atoms with van der Waals surface area (Å²) >= 11 is 3.29. The highest BCUT2D eigenvalue weighted by Crippen LogP contribution is 2.26. The first kappa shape index (κ1) is 14.3. The number of aromatic hydroxyl groups is 1. The van der Waals surface area contributed by atoms with Gasteiger partial charge in [0.1, 0.15) is 12.4 Å². The number of hydrogen-bond acceptors (Lipinski definition) is 4. The van der Waals surface area contributed by atoms with Gasteiger partial charge in [-0.25, -0.2) is 0 Å². The number of phenols is 1. The fourth-order valence-electron chi connectivity index (χ4n) is 1.95. The largest absolute Gasteiger partial charge is 0.506 e. The minimum Gasteiger partial charge on any atom is -0.506 e. The van der Waals surface area contributed by atoms with Gasteiger partial charge in [-0.3, -0.25) is 4.79 Å². The van der Waals surface area contributed by atoms with Crippen LogP contribution in [0.1, 0.15) is 12.8 Å². The highest BCUT2D eigenvalue weighted by molar-refractivity contribution is 9.10. The van der Waals surface area contributed by atoms with Crippen molar-refractivity contribution in [2.24, 2.45) is 0 Å². The van der Waals surface area contributed by atoms with Crippen LogP contribution >= 0.6 is 15.9 Å². The van der Waals surface area contributed by atoms with E-state index in [1.54, 1.807) is 12.1 Å². The van der Waals surface area contributed by atoms with Crippen molar-refractivity contribution < 1.29 is 14.6 Å². The van der Waals surface area contributed by atoms with Crippen LogP contribution in [-0.2, 0) is 9.53 Å². The number of anilines is 1. The van der Waals surface area contributed by atoms with Crippen molar-refractivity contribution in [1.82, 2.24) is 5.32 Å². The number of benzene rings is 1. The SMILES string of the molecule is O=C(COC1CCNCC1)Nc1cc(Br)ccc1O. The number of hydrogen-bond donors (Lipinski definition) is 3. The van der Waals surface area contributed by atoms with Gasteiger partial charge < -0.3 is 20.5 Å². The van der Waals surface area contributed by atoms with Crippen molar-refractivity contribution >= 4 is 27.5 Å². The number of halogens is 1. The summed E-state index contributed by atoms with van der Waals surface area (Å²) in [6.45, 7) is 1.87. The normalized spacial score (nSPS) is 16.3.